The molecule has 158 valence electrons. The number of nitrogens with zero attached hydrogens (tertiary/aromatic N) is 2. The molecule has 2 heterocycles. The number of nitrogens with one attached hydrogen (secondary N) is 1. The monoisotopic (exact) mass is 431 g/mol. The Hall–Kier alpha value is -3.11. The Morgan fingerprint density at radius 3 is 2.45 bits per heavy atom. The van der Waals surface area contributed by atoms with Crippen molar-refractivity contribution < 1.29 is 4.79 Å². The maximum absolute atomic E-state index is 13.1. The van der Waals surface area contributed by atoms with Gasteiger partial charge in [-0.2, -0.15) is 0 Å². The van der Waals surface area contributed by atoms with Crippen molar-refractivity contribution >= 4 is 28.8 Å². The van der Waals surface area contributed by atoms with E-state index in [4.69, 9.17) is 16.6 Å². The molecule has 31 heavy (non-hydrogen) atoms. The van der Waals surface area contributed by atoms with Crippen LogP contribution in [0.4, 0.5) is 5.69 Å². The predicted octanol–water partition coefficient (Wildman–Crippen LogP) is 6.38. The van der Waals surface area contributed by atoms with E-state index in [1.165, 1.54) is 11.1 Å². The summed E-state index contributed by atoms with van der Waals surface area (Å²) in [6.07, 6.45) is 2.16. The van der Waals surface area contributed by atoms with Crippen LogP contribution >= 0.6 is 11.6 Å². The highest BCUT2D eigenvalue weighted by Crippen LogP contribution is 2.30. The second-order valence-corrected chi connectivity index (χ2v) is 8.66. The molecule has 0 spiro atoms. The number of pyridine rings is 1. The minimum Gasteiger partial charge on any atom is -0.324 e. The van der Waals surface area contributed by atoms with Crippen LogP contribution in [-0.4, -0.2) is 15.3 Å². The van der Waals surface area contributed by atoms with Crippen molar-refractivity contribution in [1.29, 1.82) is 0 Å². The molecule has 0 unspecified atom stereocenters. The standard InChI is InChI=1S/C26H26ClN3O/c1-15-11-19(5)24(21(27)12-15)28-23(31)14-22-25(20-9-8-16(2)18(4)13-20)29-26-17(3)7-6-10-30(22)26/h6-13H,14H2,1-5H3,(H,28,31). The number of aromatic nitrogens is 2. The highest BCUT2D eigenvalue weighted by atomic mass is 35.5. The average Bonchev–Trinajstić information content (AvgIpc) is 3.06. The topological polar surface area (TPSA) is 46.4 Å². The summed E-state index contributed by atoms with van der Waals surface area (Å²) in [6, 6.07) is 14.2. The molecule has 0 saturated heterocycles. The van der Waals surface area contributed by atoms with Crippen LogP contribution in [0, 0.1) is 34.6 Å². The van der Waals surface area contributed by atoms with Gasteiger partial charge in [0.25, 0.3) is 0 Å². The third-order valence-electron chi connectivity index (χ3n) is 5.75. The third-order valence-corrected chi connectivity index (χ3v) is 6.05. The Labute approximate surface area is 187 Å². The number of aryl methyl sites for hydroxylation is 5. The summed E-state index contributed by atoms with van der Waals surface area (Å²) in [4.78, 5) is 18.0. The van der Waals surface area contributed by atoms with Crippen LogP contribution in [0.1, 0.15) is 33.5 Å². The van der Waals surface area contributed by atoms with E-state index in [1.807, 2.05) is 55.6 Å². The van der Waals surface area contributed by atoms with Crippen LogP contribution in [0.2, 0.25) is 5.02 Å². The predicted molar refractivity (Wildman–Crippen MR) is 128 cm³/mol. The Morgan fingerprint density at radius 1 is 0.968 bits per heavy atom. The van der Waals surface area contributed by atoms with Gasteiger partial charge in [0, 0.05) is 11.8 Å². The molecule has 0 atom stereocenters. The molecule has 0 aliphatic rings. The summed E-state index contributed by atoms with van der Waals surface area (Å²) in [5, 5.41) is 3.56. The molecule has 0 fully saturated rings. The van der Waals surface area contributed by atoms with E-state index < -0.39 is 0 Å². The van der Waals surface area contributed by atoms with E-state index in [0.717, 1.165) is 39.3 Å². The summed E-state index contributed by atoms with van der Waals surface area (Å²) in [5.41, 5.74) is 9.74. The first-order chi connectivity index (χ1) is 14.7. The number of carbonyl (C=O) groups excluding carboxylic acids is 1. The van der Waals surface area contributed by atoms with Gasteiger partial charge >= 0.3 is 0 Å². The van der Waals surface area contributed by atoms with Crippen molar-refractivity contribution in [2.45, 2.75) is 41.0 Å². The van der Waals surface area contributed by atoms with Crippen LogP contribution in [0.25, 0.3) is 16.9 Å². The van der Waals surface area contributed by atoms with Crippen LogP contribution in [0.3, 0.4) is 0 Å². The summed E-state index contributed by atoms with van der Waals surface area (Å²) in [6.45, 7) is 10.2. The fraction of sp³-hybridized carbons (Fsp3) is 0.231. The molecule has 1 N–H and O–H groups in total. The smallest absolute Gasteiger partial charge is 0.230 e. The molecule has 2 aromatic carbocycles. The third kappa shape index (κ3) is 4.08. The van der Waals surface area contributed by atoms with Gasteiger partial charge in [0.05, 0.1) is 28.5 Å². The van der Waals surface area contributed by atoms with Gasteiger partial charge in [0.1, 0.15) is 5.65 Å². The van der Waals surface area contributed by atoms with Gasteiger partial charge < -0.3 is 9.72 Å². The lowest BCUT2D eigenvalue weighted by atomic mass is 10.0. The highest BCUT2D eigenvalue weighted by Gasteiger charge is 2.19. The van der Waals surface area contributed by atoms with Gasteiger partial charge in [-0.05, 0) is 80.6 Å². The minimum atomic E-state index is -0.123. The number of hydrogen-bond acceptors (Lipinski definition) is 2. The SMILES string of the molecule is Cc1cc(C)c(NC(=O)Cc2c(-c3ccc(C)c(C)c3)nc3c(C)cccn23)c(Cl)c1. The number of rotatable bonds is 4. The van der Waals surface area contributed by atoms with E-state index in [9.17, 15) is 4.79 Å². The fourth-order valence-electron chi connectivity index (χ4n) is 3.95. The highest BCUT2D eigenvalue weighted by molar-refractivity contribution is 6.34. The Balaban J connectivity index is 1.77. The molecule has 0 bridgehead atoms. The van der Waals surface area contributed by atoms with Gasteiger partial charge in [0.15, 0.2) is 0 Å². The summed E-state index contributed by atoms with van der Waals surface area (Å²) < 4.78 is 2.02. The van der Waals surface area contributed by atoms with E-state index in [0.29, 0.717) is 10.7 Å². The Morgan fingerprint density at radius 2 is 1.74 bits per heavy atom. The zero-order valence-electron chi connectivity index (χ0n) is 18.5. The molecule has 1 amide bonds. The van der Waals surface area contributed by atoms with Crippen LogP contribution in [0.5, 0.6) is 0 Å². The van der Waals surface area contributed by atoms with Crippen molar-refractivity contribution in [3.05, 3.63) is 87.2 Å². The molecule has 5 heteroatoms. The number of fused-ring (bicyclic) bond motifs is 1. The summed E-state index contributed by atoms with van der Waals surface area (Å²) >= 11 is 6.40. The fourth-order valence-corrected chi connectivity index (χ4v) is 4.32. The number of halogens is 1. The van der Waals surface area contributed by atoms with Crippen molar-refractivity contribution in [3.8, 4) is 11.3 Å². The first kappa shape index (κ1) is 21.1. The van der Waals surface area contributed by atoms with Gasteiger partial charge in [-0.1, -0.05) is 35.9 Å². The number of amides is 1. The van der Waals surface area contributed by atoms with Crippen LogP contribution in [0.15, 0.2) is 48.7 Å². The summed E-state index contributed by atoms with van der Waals surface area (Å²) in [7, 11) is 0. The molecule has 4 aromatic rings. The first-order valence-corrected chi connectivity index (χ1v) is 10.7. The zero-order valence-corrected chi connectivity index (χ0v) is 19.3. The Kier molecular flexibility index (Phi) is 5.59. The number of benzene rings is 2. The van der Waals surface area contributed by atoms with E-state index in [1.54, 1.807) is 0 Å². The van der Waals surface area contributed by atoms with Crippen molar-refractivity contribution in [2.24, 2.45) is 0 Å². The quantitative estimate of drug-likeness (QED) is 0.407. The first-order valence-electron chi connectivity index (χ1n) is 10.4. The molecule has 2 aromatic heterocycles. The van der Waals surface area contributed by atoms with Gasteiger partial charge in [-0.15, -0.1) is 0 Å². The average molecular weight is 432 g/mol. The van der Waals surface area contributed by atoms with E-state index in [-0.39, 0.29) is 12.3 Å². The zero-order chi connectivity index (χ0) is 22.3. The molecule has 0 aliphatic heterocycles. The molecule has 0 radical (unpaired) electrons. The summed E-state index contributed by atoms with van der Waals surface area (Å²) in [5.74, 6) is -0.123. The van der Waals surface area contributed by atoms with Gasteiger partial charge in [-0.3, -0.25) is 4.79 Å². The van der Waals surface area contributed by atoms with Gasteiger partial charge in [0.2, 0.25) is 5.91 Å². The molecule has 4 rings (SSSR count). The molecule has 0 aliphatic carbocycles. The van der Waals surface area contributed by atoms with Gasteiger partial charge in [-0.25, -0.2) is 4.98 Å². The number of hydrogen-bond donors (Lipinski definition) is 1. The normalized spacial score (nSPS) is 11.2. The van der Waals surface area contributed by atoms with Crippen molar-refractivity contribution in [3.63, 3.8) is 0 Å². The van der Waals surface area contributed by atoms with E-state index in [2.05, 4.69) is 37.4 Å². The van der Waals surface area contributed by atoms with Crippen LogP contribution in [-0.2, 0) is 11.2 Å². The van der Waals surface area contributed by atoms with Crippen molar-refractivity contribution in [1.82, 2.24) is 9.38 Å². The second kappa shape index (κ2) is 8.20. The molecule has 4 nitrogen and oxygen atoms in total. The Bertz CT molecular complexity index is 1300. The minimum absolute atomic E-state index is 0.123. The van der Waals surface area contributed by atoms with E-state index >= 15 is 0 Å². The lowest BCUT2D eigenvalue weighted by Crippen LogP contribution is -2.17. The van der Waals surface area contributed by atoms with Crippen molar-refractivity contribution in [2.75, 3.05) is 5.32 Å². The lowest BCUT2D eigenvalue weighted by Gasteiger charge is -2.12. The molecular formula is C26H26ClN3O. The molecule has 0 saturated carbocycles. The lowest BCUT2D eigenvalue weighted by molar-refractivity contribution is -0.115. The number of imidazole rings is 1. The number of carbonyl (C=O) groups is 1. The second-order valence-electron chi connectivity index (χ2n) is 8.25. The number of anilines is 1. The maximum Gasteiger partial charge on any atom is 0.230 e. The van der Waals surface area contributed by atoms with Crippen LogP contribution < -0.4 is 5.32 Å². The largest absolute Gasteiger partial charge is 0.324 e. The molecular weight excluding hydrogens is 406 g/mol. The maximum atomic E-state index is 13.1.